The number of aliphatic carboxylic acids is 1. The van der Waals surface area contributed by atoms with E-state index in [0.29, 0.717) is 24.3 Å². The third-order valence-electron chi connectivity index (χ3n) is 4.88. The summed E-state index contributed by atoms with van der Waals surface area (Å²) < 4.78 is 0. The summed E-state index contributed by atoms with van der Waals surface area (Å²) in [6, 6.07) is 0. The van der Waals surface area contributed by atoms with Gasteiger partial charge in [0, 0.05) is 19.6 Å². The normalized spacial score (nSPS) is 31.3. The fourth-order valence-corrected chi connectivity index (χ4v) is 3.30. The molecule has 1 aliphatic carbocycles. The van der Waals surface area contributed by atoms with Crippen molar-refractivity contribution in [2.45, 2.75) is 45.6 Å². The lowest BCUT2D eigenvalue weighted by molar-refractivity contribution is -0.147. The second-order valence-corrected chi connectivity index (χ2v) is 6.63. The van der Waals surface area contributed by atoms with Gasteiger partial charge in [0.2, 0.25) is 0 Å². The predicted molar refractivity (Wildman–Crippen MR) is 76.2 cm³/mol. The van der Waals surface area contributed by atoms with Gasteiger partial charge in [0.25, 0.3) is 0 Å². The highest BCUT2D eigenvalue weighted by molar-refractivity contribution is 5.80. The van der Waals surface area contributed by atoms with Crippen molar-refractivity contribution in [3.8, 4) is 0 Å². The van der Waals surface area contributed by atoms with E-state index in [1.54, 1.807) is 0 Å². The Kier molecular flexibility index (Phi) is 4.51. The lowest BCUT2D eigenvalue weighted by Gasteiger charge is -2.35. The molecule has 1 saturated heterocycles. The molecule has 0 radical (unpaired) electrons. The highest BCUT2D eigenvalue weighted by atomic mass is 16.4. The summed E-state index contributed by atoms with van der Waals surface area (Å²) in [5.41, 5.74) is -0.709. The summed E-state index contributed by atoms with van der Waals surface area (Å²) in [6.07, 6.45) is 3.10. The van der Waals surface area contributed by atoms with E-state index in [4.69, 9.17) is 0 Å². The topological polar surface area (TPSA) is 52.6 Å². The van der Waals surface area contributed by atoms with Crippen LogP contribution in [0.3, 0.4) is 0 Å². The molecule has 3 unspecified atom stereocenters. The van der Waals surface area contributed by atoms with Crippen LogP contribution in [0.15, 0.2) is 0 Å². The molecule has 2 fully saturated rings. The van der Waals surface area contributed by atoms with Gasteiger partial charge >= 0.3 is 5.97 Å². The van der Waals surface area contributed by atoms with E-state index in [0.717, 1.165) is 38.9 Å². The molecule has 4 heteroatoms. The summed E-state index contributed by atoms with van der Waals surface area (Å²) in [7, 11) is 0. The van der Waals surface area contributed by atoms with E-state index >= 15 is 0 Å². The van der Waals surface area contributed by atoms with Crippen LogP contribution in [0, 0.1) is 17.8 Å². The molecule has 1 saturated carbocycles. The molecule has 1 aliphatic heterocycles. The molecular weight excluding hydrogens is 240 g/mol. The highest BCUT2D eigenvalue weighted by Gasteiger charge is 2.52. The molecule has 0 aromatic carbocycles. The maximum atomic E-state index is 11.9. The van der Waals surface area contributed by atoms with Gasteiger partial charge in [-0.15, -0.1) is 0 Å². The molecule has 4 nitrogen and oxygen atoms in total. The third-order valence-corrected chi connectivity index (χ3v) is 4.88. The number of carboxylic acids is 1. The quantitative estimate of drug-likeness (QED) is 0.739. The standard InChI is InChI=1S/C15H28N2O2/c1-4-7-16-15(14(18)19,13-5-6-13)10-17-8-11(2)12(3)9-17/h11-13,16H,4-10H2,1-3H3,(H,18,19). The number of hydrogen-bond acceptors (Lipinski definition) is 3. The maximum absolute atomic E-state index is 11.9. The number of hydrogen-bond donors (Lipinski definition) is 2. The first kappa shape index (κ1) is 14.8. The molecule has 0 spiro atoms. The minimum Gasteiger partial charge on any atom is -0.480 e. The van der Waals surface area contributed by atoms with Crippen LogP contribution < -0.4 is 5.32 Å². The van der Waals surface area contributed by atoms with E-state index in [1.165, 1.54) is 0 Å². The van der Waals surface area contributed by atoms with Crippen LogP contribution in [0.25, 0.3) is 0 Å². The number of carbonyl (C=O) groups is 1. The second kappa shape index (κ2) is 5.80. The number of likely N-dealkylation sites (tertiary alicyclic amines) is 1. The first-order chi connectivity index (χ1) is 8.99. The van der Waals surface area contributed by atoms with Crippen molar-refractivity contribution in [1.29, 1.82) is 0 Å². The van der Waals surface area contributed by atoms with Crippen LogP contribution in [0.1, 0.15) is 40.0 Å². The number of nitrogens with zero attached hydrogens (tertiary/aromatic N) is 1. The number of nitrogens with one attached hydrogen (secondary N) is 1. The summed E-state index contributed by atoms with van der Waals surface area (Å²) >= 11 is 0. The van der Waals surface area contributed by atoms with Gasteiger partial charge in [0.1, 0.15) is 5.54 Å². The molecule has 2 rings (SSSR count). The van der Waals surface area contributed by atoms with Crippen LogP contribution in [0.4, 0.5) is 0 Å². The molecule has 2 aliphatic rings. The second-order valence-electron chi connectivity index (χ2n) is 6.63. The van der Waals surface area contributed by atoms with Crippen LogP contribution in [-0.4, -0.2) is 47.7 Å². The largest absolute Gasteiger partial charge is 0.480 e. The van der Waals surface area contributed by atoms with E-state index < -0.39 is 11.5 Å². The van der Waals surface area contributed by atoms with Crippen LogP contribution in [0.5, 0.6) is 0 Å². The molecule has 0 bridgehead atoms. The van der Waals surface area contributed by atoms with E-state index in [1.807, 2.05) is 0 Å². The number of carboxylic acid groups (broad SMARTS) is 1. The van der Waals surface area contributed by atoms with Crippen LogP contribution in [-0.2, 0) is 4.79 Å². The fraction of sp³-hybridized carbons (Fsp3) is 0.933. The Labute approximate surface area is 116 Å². The average Bonchev–Trinajstić information content (AvgIpc) is 3.13. The van der Waals surface area contributed by atoms with Gasteiger partial charge in [-0.05, 0) is 43.6 Å². The summed E-state index contributed by atoms with van der Waals surface area (Å²) in [4.78, 5) is 14.2. The average molecular weight is 268 g/mol. The molecule has 110 valence electrons. The minimum atomic E-state index is -0.709. The summed E-state index contributed by atoms with van der Waals surface area (Å²) in [6.45, 7) is 10.2. The molecular formula is C15H28N2O2. The molecule has 3 atom stereocenters. The Hall–Kier alpha value is -0.610. The summed E-state index contributed by atoms with van der Waals surface area (Å²) in [5.74, 6) is 1.02. The van der Waals surface area contributed by atoms with Crippen molar-refractivity contribution in [2.75, 3.05) is 26.2 Å². The van der Waals surface area contributed by atoms with E-state index in [-0.39, 0.29) is 0 Å². The Morgan fingerprint density at radius 1 is 1.32 bits per heavy atom. The van der Waals surface area contributed by atoms with Crippen molar-refractivity contribution in [3.63, 3.8) is 0 Å². The lowest BCUT2D eigenvalue weighted by atomic mass is 9.92. The lowest BCUT2D eigenvalue weighted by Crippen LogP contribution is -2.60. The van der Waals surface area contributed by atoms with Crippen molar-refractivity contribution in [1.82, 2.24) is 10.2 Å². The third kappa shape index (κ3) is 3.11. The van der Waals surface area contributed by atoms with Gasteiger partial charge in [0.15, 0.2) is 0 Å². The molecule has 1 heterocycles. The zero-order valence-corrected chi connectivity index (χ0v) is 12.5. The van der Waals surface area contributed by atoms with Crippen molar-refractivity contribution >= 4 is 5.97 Å². The zero-order valence-electron chi connectivity index (χ0n) is 12.5. The van der Waals surface area contributed by atoms with Gasteiger partial charge in [-0.25, -0.2) is 0 Å². The fourth-order valence-electron chi connectivity index (χ4n) is 3.30. The molecule has 19 heavy (non-hydrogen) atoms. The first-order valence-electron chi connectivity index (χ1n) is 7.70. The molecule has 0 amide bonds. The van der Waals surface area contributed by atoms with Gasteiger partial charge in [-0.1, -0.05) is 20.8 Å². The van der Waals surface area contributed by atoms with Gasteiger partial charge in [0.05, 0.1) is 0 Å². The Balaban J connectivity index is 2.06. The Morgan fingerprint density at radius 2 is 1.89 bits per heavy atom. The maximum Gasteiger partial charge on any atom is 0.325 e. The van der Waals surface area contributed by atoms with Gasteiger partial charge < -0.3 is 15.3 Å². The predicted octanol–water partition coefficient (Wildman–Crippen LogP) is 1.81. The van der Waals surface area contributed by atoms with Gasteiger partial charge in [-0.3, -0.25) is 4.79 Å². The van der Waals surface area contributed by atoms with Crippen molar-refractivity contribution in [3.05, 3.63) is 0 Å². The van der Waals surface area contributed by atoms with E-state index in [2.05, 4.69) is 31.0 Å². The first-order valence-corrected chi connectivity index (χ1v) is 7.70. The smallest absolute Gasteiger partial charge is 0.325 e. The highest BCUT2D eigenvalue weighted by Crippen LogP contribution is 2.41. The SMILES string of the molecule is CCCNC(CN1CC(C)C(C)C1)(C(=O)O)C1CC1. The minimum absolute atomic E-state index is 0.322. The van der Waals surface area contributed by atoms with Gasteiger partial charge in [-0.2, -0.15) is 0 Å². The molecule has 0 aromatic rings. The van der Waals surface area contributed by atoms with Crippen molar-refractivity contribution < 1.29 is 9.90 Å². The Morgan fingerprint density at radius 3 is 2.32 bits per heavy atom. The van der Waals surface area contributed by atoms with Crippen LogP contribution >= 0.6 is 0 Å². The monoisotopic (exact) mass is 268 g/mol. The zero-order chi connectivity index (χ0) is 14.0. The van der Waals surface area contributed by atoms with Crippen molar-refractivity contribution in [2.24, 2.45) is 17.8 Å². The van der Waals surface area contributed by atoms with E-state index in [9.17, 15) is 9.90 Å². The number of rotatable bonds is 7. The molecule has 0 aromatic heterocycles. The Bertz CT molecular complexity index is 320. The molecule has 2 N–H and O–H groups in total. The summed E-state index contributed by atoms with van der Waals surface area (Å²) in [5, 5.41) is 13.1. The van der Waals surface area contributed by atoms with Crippen LogP contribution in [0.2, 0.25) is 0 Å².